The summed E-state index contributed by atoms with van der Waals surface area (Å²) in [6, 6.07) is 0.134. The number of nitrogens with one attached hydrogen (secondary N) is 2. The summed E-state index contributed by atoms with van der Waals surface area (Å²) in [5.41, 5.74) is -0.327. The average Bonchev–Trinajstić information content (AvgIpc) is 2.52. The summed E-state index contributed by atoms with van der Waals surface area (Å²) in [4.78, 5) is 0. The maximum atomic E-state index is 11.9. The van der Waals surface area contributed by atoms with Crippen LogP contribution in [0.25, 0.3) is 0 Å². The fourth-order valence-corrected chi connectivity index (χ4v) is 4.14. The molecule has 0 spiro atoms. The third-order valence-electron chi connectivity index (χ3n) is 2.89. The highest BCUT2D eigenvalue weighted by atomic mass is 32.2. The molecule has 2 N–H and O–H groups in total. The van der Waals surface area contributed by atoms with Gasteiger partial charge in [-0.1, -0.05) is 13.3 Å². The molecule has 1 saturated heterocycles. The van der Waals surface area contributed by atoms with E-state index in [0.29, 0.717) is 0 Å². The van der Waals surface area contributed by atoms with Crippen LogP contribution in [0.15, 0.2) is 0 Å². The first-order valence-corrected chi connectivity index (χ1v) is 7.75. The molecule has 1 heterocycles. The van der Waals surface area contributed by atoms with Gasteiger partial charge < -0.3 is 5.32 Å². The van der Waals surface area contributed by atoms with Gasteiger partial charge in [0.1, 0.15) is 0 Å². The average molecular weight is 248 g/mol. The lowest BCUT2D eigenvalue weighted by Gasteiger charge is -2.26. The van der Waals surface area contributed by atoms with Crippen molar-refractivity contribution in [3.05, 3.63) is 0 Å². The molecule has 1 aliphatic heterocycles. The summed E-state index contributed by atoms with van der Waals surface area (Å²) in [5, 5.41) is 3.21. The van der Waals surface area contributed by atoms with Crippen LogP contribution >= 0.6 is 0 Å². The van der Waals surface area contributed by atoms with Gasteiger partial charge in [-0.15, -0.1) is 0 Å². The first-order chi connectivity index (χ1) is 7.35. The molecule has 1 aliphatic rings. The number of hydrogen-bond acceptors (Lipinski definition) is 3. The van der Waals surface area contributed by atoms with E-state index < -0.39 is 10.0 Å². The Hall–Kier alpha value is -0.130. The van der Waals surface area contributed by atoms with Crippen molar-refractivity contribution in [3.63, 3.8) is 0 Å². The summed E-state index contributed by atoms with van der Waals surface area (Å²) in [6.07, 6.45) is 3.90. The van der Waals surface area contributed by atoms with Crippen molar-refractivity contribution >= 4 is 10.0 Å². The van der Waals surface area contributed by atoms with Gasteiger partial charge in [0.2, 0.25) is 10.0 Å². The normalized spacial score (nSPS) is 22.6. The van der Waals surface area contributed by atoms with E-state index in [9.17, 15) is 8.42 Å². The predicted molar refractivity (Wildman–Crippen MR) is 66.9 cm³/mol. The molecule has 1 rings (SSSR count). The van der Waals surface area contributed by atoms with Crippen molar-refractivity contribution in [2.75, 3.05) is 12.3 Å². The molecule has 1 fully saturated rings. The lowest BCUT2D eigenvalue weighted by atomic mass is 10.0. The Morgan fingerprint density at radius 2 is 2.12 bits per heavy atom. The molecule has 5 heteroatoms. The number of hydrogen-bond donors (Lipinski definition) is 2. The van der Waals surface area contributed by atoms with E-state index in [2.05, 4.69) is 17.0 Å². The molecule has 0 aliphatic carbocycles. The fraction of sp³-hybridized carbons (Fsp3) is 1.00. The Kier molecular flexibility index (Phi) is 4.76. The Balaban J connectivity index is 2.50. The summed E-state index contributed by atoms with van der Waals surface area (Å²) in [7, 11) is -3.16. The molecule has 1 atom stereocenters. The zero-order valence-corrected chi connectivity index (χ0v) is 11.4. The van der Waals surface area contributed by atoms with Crippen LogP contribution in [0.2, 0.25) is 0 Å². The van der Waals surface area contributed by atoms with Crippen LogP contribution in [0.4, 0.5) is 0 Å². The van der Waals surface area contributed by atoms with Crippen molar-refractivity contribution in [2.24, 2.45) is 0 Å². The van der Waals surface area contributed by atoms with Crippen LogP contribution in [0.5, 0.6) is 0 Å². The Morgan fingerprint density at radius 3 is 2.62 bits per heavy atom. The Morgan fingerprint density at radius 1 is 1.44 bits per heavy atom. The van der Waals surface area contributed by atoms with Gasteiger partial charge in [-0.05, 0) is 39.7 Å². The van der Waals surface area contributed by atoms with Crippen LogP contribution in [0, 0.1) is 0 Å². The largest absolute Gasteiger partial charge is 0.313 e. The van der Waals surface area contributed by atoms with Gasteiger partial charge in [0, 0.05) is 11.6 Å². The second kappa shape index (κ2) is 5.47. The second-order valence-corrected chi connectivity index (χ2v) is 7.08. The SMILES string of the molecule is CCCC(C)(C)NS(=O)(=O)CC1CCCN1. The molecule has 0 saturated carbocycles. The number of rotatable bonds is 6. The van der Waals surface area contributed by atoms with Gasteiger partial charge in [-0.2, -0.15) is 0 Å². The van der Waals surface area contributed by atoms with Crippen molar-refractivity contribution < 1.29 is 8.42 Å². The second-order valence-electron chi connectivity index (χ2n) is 5.31. The quantitative estimate of drug-likeness (QED) is 0.743. The first kappa shape index (κ1) is 13.9. The highest BCUT2D eigenvalue weighted by Crippen LogP contribution is 2.14. The van der Waals surface area contributed by atoms with Crippen molar-refractivity contribution in [2.45, 2.75) is 58.0 Å². The predicted octanol–water partition coefficient (Wildman–Crippen LogP) is 1.24. The zero-order valence-electron chi connectivity index (χ0n) is 10.5. The smallest absolute Gasteiger partial charge is 0.213 e. The molecule has 0 radical (unpaired) electrons. The molecular formula is C11H24N2O2S. The Labute approximate surface area is 99.2 Å². The van der Waals surface area contributed by atoms with E-state index in [-0.39, 0.29) is 17.3 Å². The highest BCUT2D eigenvalue weighted by Gasteiger charge is 2.27. The monoisotopic (exact) mass is 248 g/mol. The van der Waals surface area contributed by atoms with Gasteiger partial charge in [-0.25, -0.2) is 13.1 Å². The van der Waals surface area contributed by atoms with E-state index in [1.165, 1.54) is 0 Å². The number of sulfonamides is 1. The highest BCUT2D eigenvalue weighted by molar-refractivity contribution is 7.89. The molecule has 0 amide bonds. The lowest BCUT2D eigenvalue weighted by molar-refractivity contribution is 0.416. The van der Waals surface area contributed by atoms with E-state index in [1.807, 2.05) is 13.8 Å². The van der Waals surface area contributed by atoms with Crippen molar-refractivity contribution in [3.8, 4) is 0 Å². The van der Waals surface area contributed by atoms with Crippen LogP contribution in [0.3, 0.4) is 0 Å². The zero-order chi connectivity index (χ0) is 12.2. The molecule has 0 aromatic carbocycles. The summed E-state index contributed by atoms with van der Waals surface area (Å²) >= 11 is 0. The standard InChI is InChI=1S/C11H24N2O2S/c1-4-7-11(2,3)13-16(14,15)9-10-6-5-8-12-10/h10,12-13H,4-9H2,1-3H3. The van der Waals surface area contributed by atoms with Gasteiger partial charge in [0.25, 0.3) is 0 Å². The van der Waals surface area contributed by atoms with E-state index >= 15 is 0 Å². The molecule has 4 nitrogen and oxygen atoms in total. The van der Waals surface area contributed by atoms with Gasteiger partial charge in [0.05, 0.1) is 5.75 Å². The van der Waals surface area contributed by atoms with Crippen LogP contribution in [0.1, 0.15) is 46.5 Å². The van der Waals surface area contributed by atoms with Gasteiger partial charge in [-0.3, -0.25) is 0 Å². The third kappa shape index (κ3) is 4.80. The molecule has 0 bridgehead atoms. The van der Waals surface area contributed by atoms with Crippen molar-refractivity contribution in [1.82, 2.24) is 10.0 Å². The lowest BCUT2D eigenvalue weighted by Crippen LogP contribution is -2.47. The summed E-state index contributed by atoms with van der Waals surface area (Å²) < 4.78 is 26.6. The van der Waals surface area contributed by atoms with Gasteiger partial charge >= 0.3 is 0 Å². The molecule has 16 heavy (non-hydrogen) atoms. The van der Waals surface area contributed by atoms with Gasteiger partial charge in [0.15, 0.2) is 0 Å². The maximum Gasteiger partial charge on any atom is 0.213 e. The topological polar surface area (TPSA) is 58.2 Å². The minimum Gasteiger partial charge on any atom is -0.313 e. The van der Waals surface area contributed by atoms with Crippen LogP contribution < -0.4 is 10.0 Å². The summed E-state index contributed by atoms with van der Waals surface area (Å²) in [6.45, 7) is 6.89. The minimum absolute atomic E-state index is 0.134. The minimum atomic E-state index is -3.16. The molecule has 1 unspecified atom stereocenters. The van der Waals surface area contributed by atoms with Crippen LogP contribution in [-0.2, 0) is 10.0 Å². The molecule has 96 valence electrons. The van der Waals surface area contributed by atoms with Crippen molar-refractivity contribution in [1.29, 1.82) is 0 Å². The first-order valence-electron chi connectivity index (χ1n) is 6.10. The fourth-order valence-electron chi connectivity index (χ4n) is 2.30. The van der Waals surface area contributed by atoms with E-state index in [0.717, 1.165) is 32.2 Å². The molecule has 0 aromatic heterocycles. The van der Waals surface area contributed by atoms with E-state index in [1.54, 1.807) is 0 Å². The maximum absolute atomic E-state index is 11.9. The Bertz CT molecular complexity index is 306. The molecule has 0 aromatic rings. The summed E-state index contributed by atoms with van der Waals surface area (Å²) in [5.74, 6) is 0.208. The van der Waals surface area contributed by atoms with Crippen LogP contribution in [-0.4, -0.2) is 32.3 Å². The van der Waals surface area contributed by atoms with E-state index in [4.69, 9.17) is 0 Å². The third-order valence-corrected chi connectivity index (χ3v) is 4.59. The molecular weight excluding hydrogens is 224 g/mol.